The average Bonchev–Trinajstić information content (AvgIpc) is 2.71. The summed E-state index contributed by atoms with van der Waals surface area (Å²) >= 11 is 1.12. The first kappa shape index (κ1) is 12.9. The summed E-state index contributed by atoms with van der Waals surface area (Å²) in [6.45, 7) is -0.225. The van der Waals surface area contributed by atoms with E-state index in [-0.39, 0.29) is 6.54 Å². The second-order valence-corrected chi connectivity index (χ2v) is 4.14. The maximum absolute atomic E-state index is 11.5. The van der Waals surface area contributed by atoms with E-state index in [0.717, 1.165) is 17.4 Å². The number of hydrogen-bond donors (Lipinski definition) is 3. The van der Waals surface area contributed by atoms with Gasteiger partial charge in [-0.05, 0) is 18.2 Å². The number of primary amides is 1. The number of carbonyl (C=O) groups is 3. The van der Waals surface area contributed by atoms with Crippen molar-refractivity contribution in [1.82, 2.24) is 5.32 Å². The van der Waals surface area contributed by atoms with Crippen LogP contribution in [0.15, 0.2) is 18.2 Å². The van der Waals surface area contributed by atoms with Crippen molar-refractivity contribution in [3.8, 4) is 0 Å². The Morgan fingerprint density at radius 2 is 2.12 bits per heavy atom. The molecule has 1 heterocycles. The molecule has 6 nitrogen and oxygen atoms in total. The highest BCUT2D eigenvalue weighted by molar-refractivity contribution is 7.14. The van der Waals surface area contributed by atoms with Crippen molar-refractivity contribution in [2.75, 3.05) is 6.54 Å². The van der Waals surface area contributed by atoms with Gasteiger partial charge in [0, 0.05) is 11.0 Å². The van der Waals surface area contributed by atoms with E-state index in [4.69, 9.17) is 10.8 Å². The first-order valence-corrected chi connectivity index (χ1v) is 5.38. The van der Waals surface area contributed by atoms with Crippen molar-refractivity contribution in [2.45, 2.75) is 0 Å². The van der Waals surface area contributed by atoms with Gasteiger partial charge >= 0.3 is 5.97 Å². The van der Waals surface area contributed by atoms with Crippen LogP contribution in [0.3, 0.4) is 0 Å². The Kier molecular flexibility index (Phi) is 4.41. The summed E-state index contributed by atoms with van der Waals surface area (Å²) in [5, 5.41) is 10.8. The van der Waals surface area contributed by atoms with Crippen LogP contribution < -0.4 is 11.1 Å². The van der Waals surface area contributed by atoms with E-state index in [1.54, 1.807) is 12.1 Å². The van der Waals surface area contributed by atoms with E-state index in [9.17, 15) is 14.4 Å². The van der Waals surface area contributed by atoms with Crippen LogP contribution >= 0.6 is 11.3 Å². The predicted molar refractivity (Wildman–Crippen MR) is 62.5 cm³/mol. The van der Waals surface area contributed by atoms with Gasteiger partial charge < -0.3 is 16.2 Å². The van der Waals surface area contributed by atoms with E-state index in [1.165, 1.54) is 6.08 Å². The molecule has 90 valence electrons. The maximum atomic E-state index is 11.5. The van der Waals surface area contributed by atoms with Crippen molar-refractivity contribution in [3.63, 3.8) is 0 Å². The minimum atomic E-state index is -1.06. The zero-order chi connectivity index (χ0) is 12.8. The number of carboxylic acids is 1. The molecule has 0 fully saturated rings. The number of carbonyl (C=O) groups excluding carboxylic acids is 2. The summed E-state index contributed by atoms with van der Waals surface area (Å²) in [5.41, 5.74) is 4.88. The van der Waals surface area contributed by atoms with Crippen LogP contribution in [0.4, 0.5) is 0 Å². The van der Waals surface area contributed by atoms with E-state index < -0.39 is 17.8 Å². The Morgan fingerprint density at radius 3 is 2.71 bits per heavy atom. The number of nitrogens with one attached hydrogen (secondary N) is 1. The summed E-state index contributed by atoms with van der Waals surface area (Å²) in [6.07, 6.45) is 2.37. The van der Waals surface area contributed by atoms with Crippen molar-refractivity contribution in [3.05, 3.63) is 28.0 Å². The molecule has 1 aromatic rings. The molecule has 0 radical (unpaired) electrons. The molecule has 0 aromatic carbocycles. The van der Waals surface area contributed by atoms with Crippen LogP contribution in [-0.4, -0.2) is 29.4 Å². The molecule has 0 unspecified atom stereocenters. The molecule has 1 rings (SSSR count). The number of rotatable bonds is 5. The van der Waals surface area contributed by atoms with Gasteiger partial charge in [0.25, 0.3) is 5.91 Å². The van der Waals surface area contributed by atoms with Gasteiger partial charge in [-0.15, -0.1) is 11.3 Å². The highest BCUT2D eigenvalue weighted by Crippen LogP contribution is 2.17. The van der Waals surface area contributed by atoms with Gasteiger partial charge in [-0.2, -0.15) is 0 Å². The van der Waals surface area contributed by atoms with E-state index in [0.29, 0.717) is 9.75 Å². The smallest absolute Gasteiger partial charge is 0.328 e. The molecular formula is C10H10N2O4S. The third kappa shape index (κ3) is 4.47. The lowest BCUT2D eigenvalue weighted by Crippen LogP contribution is -2.32. The second-order valence-electron chi connectivity index (χ2n) is 3.02. The first-order valence-electron chi connectivity index (χ1n) is 4.56. The maximum Gasteiger partial charge on any atom is 0.328 e. The highest BCUT2D eigenvalue weighted by Gasteiger charge is 2.08. The van der Waals surface area contributed by atoms with E-state index in [1.807, 2.05) is 0 Å². The van der Waals surface area contributed by atoms with Gasteiger partial charge in [0.2, 0.25) is 5.91 Å². The lowest BCUT2D eigenvalue weighted by atomic mass is 10.4. The molecule has 17 heavy (non-hydrogen) atoms. The van der Waals surface area contributed by atoms with E-state index in [2.05, 4.69) is 5.32 Å². The SMILES string of the molecule is NC(=O)CNC(=O)c1ccc(C=CC(=O)O)s1. The second kappa shape index (κ2) is 5.80. The van der Waals surface area contributed by atoms with Crippen LogP contribution in [0.1, 0.15) is 14.5 Å². The third-order valence-corrected chi connectivity index (χ3v) is 2.71. The first-order chi connectivity index (χ1) is 7.99. The molecule has 4 N–H and O–H groups in total. The van der Waals surface area contributed by atoms with Crippen molar-refractivity contribution in [2.24, 2.45) is 5.73 Å². The molecule has 0 saturated carbocycles. The number of carboxylic acid groups (broad SMARTS) is 1. The van der Waals surface area contributed by atoms with Gasteiger partial charge in [0.1, 0.15) is 0 Å². The van der Waals surface area contributed by atoms with Crippen molar-refractivity contribution < 1.29 is 19.5 Å². The Hall–Kier alpha value is -2.15. The van der Waals surface area contributed by atoms with E-state index >= 15 is 0 Å². The molecule has 2 amide bonds. The fourth-order valence-corrected chi connectivity index (χ4v) is 1.80. The number of aliphatic carboxylic acids is 1. The zero-order valence-corrected chi connectivity index (χ0v) is 9.49. The zero-order valence-electron chi connectivity index (χ0n) is 8.67. The monoisotopic (exact) mass is 254 g/mol. The molecule has 0 aliphatic heterocycles. The molecule has 0 atom stereocenters. The van der Waals surface area contributed by atoms with Gasteiger partial charge in [-0.1, -0.05) is 0 Å². The van der Waals surface area contributed by atoms with Gasteiger partial charge in [-0.3, -0.25) is 9.59 Å². The van der Waals surface area contributed by atoms with Crippen LogP contribution in [0.2, 0.25) is 0 Å². The Bertz CT molecular complexity index is 478. The summed E-state index contributed by atoms with van der Waals surface area (Å²) in [4.78, 5) is 33.2. The topological polar surface area (TPSA) is 109 Å². The lowest BCUT2D eigenvalue weighted by molar-refractivity contribution is -0.131. The van der Waals surface area contributed by atoms with Crippen LogP contribution in [0.25, 0.3) is 6.08 Å². The molecule has 0 spiro atoms. The fraction of sp³-hybridized carbons (Fsp3) is 0.100. The Morgan fingerprint density at radius 1 is 1.41 bits per heavy atom. The molecule has 0 aliphatic carbocycles. The molecule has 0 aliphatic rings. The minimum absolute atomic E-state index is 0.225. The Labute approximate surface area is 101 Å². The molecule has 0 saturated heterocycles. The highest BCUT2D eigenvalue weighted by atomic mass is 32.1. The average molecular weight is 254 g/mol. The lowest BCUT2D eigenvalue weighted by Gasteiger charge is -1.98. The van der Waals surface area contributed by atoms with Crippen molar-refractivity contribution >= 4 is 35.2 Å². The predicted octanol–water partition coefficient (Wildman–Crippen LogP) is 0.0610. The van der Waals surface area contributed by atoms with Gasteiger partial charge in [-0.25, -0.2) is 4.79 Å². The van der Waals surface area contributed by atoms with Crippen LogP contribution in [-0.2, 0) is 9.59 Å². The molecular weight excluding hydrogens is 244 g/mol. The third-order valence-electron chi connectivity index (χ3n) is 1.66. The summed E-state index contributed by atoms with van der Waals surface area (Å²) in [6, 6.07) is 3.16. The van der Waals surface area contributed by atoms with Gasteiger partial charge in [0.05, 0.1) is 11.4 Å². The van der Waals surface area contributed by atoms with Gasteiger partial charge in [0.15, 0.2) is 0 Å². The largest absolute Gasteiger partial charge is 0.478 e. The normalized spacial score (nSPS) is 10.4. The minimum Gasteiger partial charge on any atom is -0.478 e. The van der Waals surface area contributed by atoms with Crippen molar-refractivity contribution in [1.29, 1.82) is 0 Å². The Balaban J connectivity index is 2.64. The summed E-state index contributed by atoms with van der Waals surface area (Å²) in [7, 11) is 0. The molecule has 1 aromatic heterocycles. The van der Waals surface area contributed by atoms with Crippen LogP contribution in [0.5, 0.6) is 0 Å². The fourth-order valence-electron chi connectivity index (χ4n) is 0.972. The molecule has 7 heteroatoms. The quantitative estimate of drug-likeness (QED) is 0.645. The summed E-state index contributed by atoms with van der Waals surface area (Å²) < 4.78 is 0. The molecule has 0 bridgehead atoms. The number of thiophene rings is 1. The standard InChI is InChI=1S/C10H10N2O4S/c11-8(13)5-12-10(16)7-3-1-6(17-7)2-4-9(14)15/h1-4H,5H2,(H2,11,13)(H,12,16)(H,14,15). The summed E-state index contributed by atoms with van der Waals surface area (Å²) in [5.74, 6) is -2.09. The number of amides is 2. The van der Waals surface area contributed by atoms with Crippen LogP contribution in [0, 0.1) is 0 Å². The number of hydrogen-bond acceptors (Lipinski definition) is 4. The number of nitrogens with two attached hydrogens (primary N) is 1.